The molecule has 2 amide bonds. The van der Waals surface area contributed by atoms with Crippen molar-refractivity contribution in [3.63, 3.8) is 0 Å². The highest BCUT2D eigenvalue weighted by Crippen LogP contribution is 2.23. The number of hydrogen-bond donors (Lipinski definition) is 2. The Morgan fingerprint density at radius 3 is 2.59 bits per heavy atom. The molecule has 0 bridgehead atoms. The van der Waals surface area contributed by atoms with Gasteiger partial charge in [-0.05, 0) is 24.7 Å². The summed E-state index contributed by atoms with van der Waals surface area (Å²) in [4.78, 5) is 26.3. The van der Waals surface area contributed by atoms with E-state index < -0.39 is 0 Å². The van der Waals surface area contributed by atoms with Crippen molar-refractivity contribution in [2.75, 3.05) is 26.2 Å². The van der Waals surface area contributed by atoms with Crippen molar-refractivity contribution in [1.82, 2.24) is 10.2 Å². The van der Waals surface area contributed by atoms with E-state index in [0.717, 1.165) is 25.8 Å². The lowest BCUT2D eigenvalue weighted by atomic mass is 9.89. The SMILES string of the molecule is CCC(CC(=O)N1CCCC(C(=O)NCCN)C1)C(C)C.Cl. The third-order valence-electron chi connectivity index (χ3n) is 4.49. The minimum absolute atomic E-state index is 0. The van der Waals surface area contributed by atoms with E-state index in [9.17, 15) is 9.59 Å². The molecule has 0 aromatic heterocycles. The molecule has 1 fully saturated rings. The van der Waals surface area contributed by atoms with Crippen LogP contribution in [0.15, 0.2) is 0 Å². The normalized spacial score (nSPS) is 19.5. The van der Waals surface area contributed by atoms with Crippen LogP contribution in [0.4, 0.5) is 0 Å². The molecular formula is C16H32ClN3O2. The van der Waals surface area contributed by atoms with E-state index in [-0.39, 0.29) is 30.1 Å². The average molecular weight is 334 g/mol. The van der Waals surface area contributed by atoms with Crippen LogP contribution in [0.1, 0.15) is 46.5 Å². The maximum atomic E-state index is 12.4. The fourth-order valence-corrected chi connectivity index (χ4v) is 2.96. The van der Waals surface area contributed by atoms with Gasteiger partial charge in [-0.1, -0.05) is 27.2 Å². The standard InChI is InChI=1S/C16H31N3O2.ClH/c1-4-13(12(2)3)10-15(20)19-9-5-6-14(11-19)16(21)18-8-7-17;/h12-14H,4-11,17H2,1-3H3,(H,18,21);1H. The van der Waals surface area contributed by atoms with Crippen molar-refractivity contribution in [3.8, 4) is 0 Å². The lowest BCUT2D eigenvalue weighted by molar-refractivity contribution is -0.136. The smallest absolute Gasteiger partial charge is 0.224 e. The zero-order chi connectivity index (χ0) is 15.8. The van der Waals surface area contributed by atoms with Crippen molar-refractivity contribution >= 4 is 24.2 Å². The van der Waals surface area contributed by atoms with E-state index >= 15 is 0 Å². The fraction of sp³-hybridized carbons (Fsp3) is 0.875. The Balaban J connectivity index is 0.00000441. The second-order valence-corrected chi connectivity index (χ2v) is 6.38. The molecule has 2 unspecified atom stereocenters. The van der Waals surface area contributed by atoms with Gasteiger partial charge in [-0.2, -0.15) is 0 Å². The number of nitrogens with one attached hydrogen (secondary N) is 1. The van der Waals surface area contributed by atoms with E-state index in [2.05, 4.69) is 26.1 Å². The van der Waals surface area contributed by atoms with Crippen molar-refractivity contribution in [1.29, 1.82) is 0 Å². The predicted octanol–water partition coefficient (Wildman–Crippen LogP) is 1.79. The molecule has 0 spiro atoms. The quantitative estimate of drug-likeness (QED) is 0.746. The summed E-state index contributed by atoms with van der Waals surface area (Å²) in [6.45, 7) is 8.78. The molecule has 3 N–H and O–H groups in total. The van der Waals surface area contributed by atoms with E-state index in [4.69, 9.17) is 5.73 Å². The molecular weight excluding hydrogens is 302 g/mol. The van der Waals surface area contributed by atoms with Crippen LogP contribution in [0, 0.1) is 17.8 Å². The van der Waals surface area contributed by atoms with Gasteiger partial charge in [-0.3, -0.25) is 9.59 Å². The fourth-order valence-electron chi connectivity index (χ4n) is 2.96. The summed E-state index contributed by atoms with van der Waals surface area (Å²) in [5, 5.41) is 2.83. The number of carbonyl (C=O) groups is 2. The van der Waals surface area contributed by atoms with E-state index in [1.807, 2.05) is 4.90 Å². The van der Waals surface area contributed by atoms with Crippen LogP contribution >= 0.6 is 12.4 Å². The summed E-state index contributed by atoms with van der Waals surface area (Å²) in [6, 6.07) is 0. The van der Waals surface area contributed by atoms with E-state index in [1.165, 1.54) is 0 Å². The molecule has 1 rings (SSSR count). The molecule has 5 nitrogen and oxygen atoms in total. The molecule has 1 heterocycles. The summed E-state index contributed by atoms with van der Waals surface area (Å²) in [5.41, 5.74) is 5.40. The van der Waals surface area contributed by atoms with Crippen LogP contribution in [0.25, 0.3) is 0 Å². The van der Waals surface area contributed by atoms with Crippen molar-refractivity contribution in [2.24, 2.45) is 23.5 Å². The summed E-state index contributed by atoms with van der Waals surface area (Å²) < 4.78 is 0. The van der Waals surface area contributed by atoms with Crippen LogP contribution in [0.3, 0.4) is 0 Å². The summed E-state index contributed by atoms with van der Waals surface area (Å²) in [7, 11) is 0. The highest BCUT2D eigenvalue weighted by Gasteiger charge is 2.29. The van der Waals surface area contributed by atoms with Crippen LogP contribution in [-0.4, -0.2) is 42.9 Å². The molecule has 1 saturated heterocycles. The maximum Gasteiger partial charge on any atom is 0.224 e. The number of nitrogens with two attached hydrogens (primary N) is 1. The highest BCUT2D eigenvalue weighted by atomic mass is 35.5. The summed E-state index contributed by atoms with van der Waals surface area (Å²) in [6.07, 6.45) is 3.40. The first-order valence-corrected chi connectivity index (χ1v) is 8.25. The van der Waals surface area contributed by atoms with Gasteiger partial charge in [0.25, 0.3) is 0 Å². The zero-order valence-corrected chi connectivity index (χ0v) is 15.0. The number of carbonyl (C=O) groups excluding carboxylic acids is 2. The topological polar surface area (TPSA) is 75.4 Å². The number of piperidine rings is 1. The number of halogens is 1. The molecule has 1 aliphatic heterocycles. The van der Waals surface area contributed by atoms with E-state index in [0.29, 0.717) is 37.9 Å². The molecule has 0 radical (unpaired) electrons. The van der Waals surface area contributed by atoms with Gasteiger partial charge in [-0.15, -0.1) is 12.4 Å². The van der Waals surface area contributed by atoms with Gasteiger partial charge in [-0.25, -0.2) is 0 Å². The highest BCUT2D eigenvalue weighted by molar-refractivity contribution is 5.85. The lowest BCUT2D eigenvalue weighted by Crippen LogP contribution is -2.46. The Morgan fingerprint density at radius 1 is 1.36 bits per heavy atom. The average Bonchev–Trinajstić information content (AvgIpc) is 2.49. The molecule has 2 atom stereocenters. The number of likely N-dealkylation sites (tertiary alicyclic amines) is 1. The van der Waals surface area contributed by atoms with Crippen molar-refractivity contribution in [3.05, 3.63) is 0 Å². The summed E-state index contributed by atoms with van der Waals surface area (Å²) >= 11 is 0. The molecule has 6 heteroatoms. The number of hydrogen-bond acceptors (Lipinski definition) is 3. The van der Waals surface area contributed by atoms with Crippen LogP contribution in [0.2, 0.25) is 0 Å². The van der Waals surface area contributed by atoms with Gasteiger partial charge in [0.2, 0.25) is 11.8 Å². The Morgan fingerprint density at radius 2 is 2.05 bits per heavy atom. The van der Waals surface area contributed by atoms with Gasteiger partial charge in [0.05, 0.1) is 5.92 Å². The third-order valence-corrected chi connectivity index (χ3v) is 4.49. The Kier molecular flexibility index (Phi) is 10.4. The molecule has 0 aromatic carbocycles. The Hall–Kier alpha value is -0.810. The Labute approximate surface area is 140 Å². The molecule has 22 heavy (non-hydrogen) atoms. The van der Waals surface area contributed by atoms with Gasteiger partial charge < -0.3 is 16.0 Å². The minimum Gasteiger partial charge on any atom is -0.355 e. The number of nitrogens with zero attached hydrogens (tertiary/aromatic N) is 1. The first-order valence-electron chi connectivity index (χ1n) is 8.25. The predicted molar refractivity (Wildman–Crippen MR) is 91.9 cm³/mol. The van der Waals surface area contributed by atoms with E-state index in [1.54, 1.807) is 0 Å². The first kappa shape index (κ1) is 21.2. The third kappa shape index (κ3) is 6.53. The molecule has 1 aliphatic rings. The largest absolute Gasteiger partial charge is 0.355 e. The molecule has 130 valence electrons. The number of amides is 2. The molecule has 0 aromatic rings. The van der Waals surface area contributed by atoms with Crippen LogP contribution in [-0.2, 0) is 9.59 Å². The first-order chi connectivity index (χ1) is 9.99. The molecule has 0 aliphatic carbocycles. The van der Waals surface area contributed by atoms with Crippen molar-refractivity contribution in [2.45, 2.75) is 46.5 Å². The summed E-state index contributed by atoms with van der Waals surface area (Å²) in [5.74, 6) is 1.12. The zero-order valence-electron chi connectivity index (χ0n) is 14.1. The second-order valence-electron chi connectivity index (χ2n) is 6.38. The van der Waals surface area contributed by atoms with Gasteiger partial charge in [0.15, 0.2) is 0 Å². The van der Waals surface area contributed by atoms with Gasteiger partial charge in [0, 0.05) is 32.6 Å². The maximum absolute atomic E-state index is 12.4. The van der Waals surface area contributed by atoms with Gasteiger partial charge >= 0.3 is 0 Å². The number of rotatable bonds is 7. The van der Waals surface area contributed by atoms with Crippen molar-refractivity contribution < 1.29 is 9.59 Å². The monoisotopic (exact) mass is 333 g/mol. The Bertz CT molecular complexity index is 350. The minimum atomic E-state index is -0.0756. The van der Waals surface area contributed by atoms with Crippen LogP contribution in [0.5, 0.6) is 0 Å². The second kappa shape index (κ2) is 10.8. The molecule has 0 saturated carbocycles. The lowest BCUT2D eigenvalue weighted by Gasteiger charge is -2.33. The van der Waals surface area contributed by atoms with Crippen LogP contribution < -0.4 is 11.1 Å². The van der Waals surface area contributed by atoms with Gasteiger partial charge in [0.1, 0.15) is 0 Å².